The first-order valence-corrected chi connectivity index (χ1v) is 5.23. The van der Waals surface area contributed by atoms with Crippen LogP contribution >= 0.6 is 0 Å². The highest BCUT2D eigenvalue weighted by Crippen LogP contribution is 2.08. The number of hydrogen-bond acceptors (Lipinski definition) is 3. The van der Waals surface area contributed by atoms with E-state index >= 15 is 0 Å². The molecule has 1 aromatic heterocycles. The lowest BCUT2D eigenvalue weighted by Gasteiger charge is -2.03. The summed E-state index contributed by atoms with van der Waals surface area (Å²) in [4.78, 5) is 13.8. The molecule has 0 spiro atoms. The molecular weight excluding hydrogens is 194 g/mol. The molecule has 1 rings (SSSR count). The SMILES string of the molecule is CCCCCC(C)C(=O)O.c1cocn1. The average Bonchev–Trinajstić information content (AvgIpc) is 2.75. The van der Waals surface area contributed by atoms with E-state index < -0.39 is 5.97 Å². The Morgan fingerprint density at radius 3 is 2.60 bits per heavy atom. The van der Waals surface area contributed by atoms with Crippen molar-refractivity contribution < 1.29 is 14.3 Å². The van der Waals surface area contributed by atoms with E-state index in [0.29, 0.717) is 0 Å². The third-order valence-electron chi connectivity index (χ3n) is 2.01. The van der Waals surface area contributed by atoms with Crippen LogP contribution in [0.2, 0.25) is 0 Å². The second kappa shape index (κ2) is 9.24. The van der Waals surface area contributed by atoms with Gasteiger partial charge in [0, 0.05) is 0 Å². The molecule has 0 aliphatic heterocycles. The third kappa shape index (κ3) is 9.00. The summed E-state index contributed by atoms with van der Waals surface area (Å²) in [5.41, 5.74) is 0. The third-order valence-corrected chi connectivity index (χ3v) is 2.01. The average molecular weight is 213 g/mol. The van der Waals surface area contributed by atoms with Crippen LogP contribution in [0.25, 0.3) is 0 Å². The van der Waals surface area contributed by atoms with Gasteiger partial charge in [-0.2, -0.15) is 0 Å². The van der Waals surface area contributed by atoms with Crippen molar-refractivity contribution in [2.75, 3.05) is 0 Å². The van der Waals surface area contributed by atoms with Gasteiger partial charge in [-0.25, -0.2) is 4.98 Å². The van der Waals surface area contributed by atoms with Crippen LogP contribution < -0.4 is 0 Å². The second-order valence-electron chi connectivity index (χ2n) is 3.41. The minimum absolute atomic E-state index is 0.161. The molecule has 0 saturated heterocycles. The summed E-state index contributed by atoms with van der Waals surface area (Å²) in [6.45, 7) is 3.88. The Kier molecular flexibility index (Phi) is 8.43. The van der Waals surface area contributed by atoms with E-state index in [9.17, 15) is 4.79 Å². The summed E-state index contributed by atoms with van der Waals surface area (Å²) in [5, 5.41) is 8.48. The van der Waals surface area contributed by atoms with Crippen molar-refractivity contribution in [2.24, 2.45) is 5.92 Å². The molecule has 0 bridgehead atoms. The van der Waals surface area contributed by atoms with Crippen LogP contribution in [0.15, 0.2) is 23.3 Å². The van der Waals surface area contributed by atoms with Gasteiger partial charge < -0.3 is 9.52 Å². The van der Waals surface area contributed by atoms with E-state index in [4.69, 9.17) is 5.11 Å². The number of aromatic nitrogens is 1. The summed E-state index contributed by atoms with van der Waals surface area (Å²) >= 11 is 0. The van der Waals surface area contributed by atoms with E-state index in [1.54, 1.807) is 13.1 Å². The summed E-state index contributed by atoms with van der Waals surface area (Å²) in [5.74, 6) is -0.831. The van der Waals surface area contributed by atoms with Gasteiger partial charge in [-0.3, -0.25) is 4.79 Å². The zero-order valence-corrected chi connectivity index (χ0v) is 9.35. The Labute approximate surface area is 90.3 Å². The largest absolute Gasteiger partial charge is 0.481 e. The maximum Gasteiger partial charge on any atom is 0.306 e. The molecule has 0 fully saturated rings. The van der Waals surface area contributed by atoms with Crippen LogP contribution in [0.5, 0.6) is 0 Å². The molecule has 1 atom stereocenters. The molecular formula is C11H19NO3. The standard InChI is InChI=1S/C8H16O2.C3H3NO/c1-3-4-5-6-7(2)8(9)10;1-2-5-3-4-1/h7H,3-6H2,1-2H3,(H,9,10);1-3H. The van der Waals surface area contributed by atoms with Gasteiger partial charge in [0.15, 0.2) is 6.39 Å². The Hall–Kier alpha value is -1.32. The highest BCUT2D eigenvalue weighted by Gasteiger charge is 2.08. The number of carbonyl (C=O) groups is 1. The zero-order chi connectivity index (χ0) is 11.5. The van der Waals surface area contributed by atoms with Crippen LogP contribution in [0.3, 0.4) is 0 Å². The normalized spacial score (nSPS) is 11.3. The predicted molar refractivity (Wildman–Crippen MR) is 57.4 cm³/mol. The molecule has 0 aliphatic rings. The van der Waals surface area contributed by atoms with Crippen molar-refractivity contribution in [3.8, 4) is 0 Å². The van der Waals surface area contributed by atoms with Crippen molar-refractivity contribution in [2.45, 2.75) is 39.5 Å². The van der Waals surface area contributed by atoms with Gasteiger partial charge in [0.1, 0.15) is 6.26 Å². The monoisotopic (exact) mass is 213 g/mol. The number of carboxylic acids is 1. The summed E-state index contributed by atoms with van der Waals surface area (Å²) in [6.07, 6.45) is 8.65. The lowest BCUT2D eigenvalue weighted by molar-refractivity contribution is -0.141. The Morgan fingerprint density at radius 1 is 1.53 bits per heavy atom. The molecule has 0 radical (unpaired) electrons. The van der Waals surface area contributed by atoms with Gasteiger partial charge >= 0.3 is 5.97 Å². The fourth-order valence-electron chi connectivity index (χ4n) is 1.000. The first-order valence-electron chi connectivity index (χ1n) is 5.23. The Morgan fingerprint density at radius 2 is 2.27 bits per heavy atom. The van der Waals surface area contributed by atoms with Gasteiger partial charge in [0.25, 0.3) is 0 Å². The summed E-state index contributed by atoms with van der Waals surface area (Å²) in [7, 11) is 0. The van der Waals surface area contributed by atoms with Gasteiger partial charge in [-0.1, -0.05) is 33.1 Å². The number of aliphatic carboxylic acids is 1. The number of carboxylic acid groups (broad SMARTS) is 1. The molecule has 1 unspecified atom stereocenters. The molecule has 4 nitrogen and oxygen atoms in total. The second-order valence-corrected chi connectivity index (χ2v) is 3.41. The fraction of sp³-hybridized carbons (Fsp3) is 0.636. The van der Waals surface area contributed by atoms with Gasteiger partial charge in [0.05, 0.1) is 12.1 Å². The molecule has 0 amide bonds. The van der Waals surface area contributed by atoms with Gasteiger partial charge in [-0.15, -0.1) is 0 Å². The smallest absolute Gasteiger partial charge is 0.306 e. The Balaban J connectivity index is 0.000000322. The molecule has 0 aromatic carbocycles. The van der Waals surface area contributed by atoms with E-state index in [-0.39, 0.29) is 5.92 Å². The molecule has 1 N–H and O–H groups in total. The van der Waals surface area contributed by atoms with Crippen LogP contribution in [0, 0.1) is 5.92 Å². The van der Waals surface area contributed by atoms with E-state index in [1.807, 2.05) is 0 Å². The highest BCUT2D eigenvalue weighted by atomic mass is 16.4. The molecule has 0 saturated carbocycles. The van der Waals surface area contributed by atoms with Crippen LogP contribution in [0.1, 0.15) is 39.5 Å². The first kappa shape index (κ1) is 13.7. The first-order chi connectivity index (χ1) is 7.18. The number of rotatable bonds is 5. The van der Waals surface area contributed by atoms with E-state index in [1.165, 1.54) is 12.7 Å². The Bertz CT molecular complexity index is 217. The lowest BCUT2D eigenvalue weighted by Crippen LogP contribution is -2.08. The van der Waals surface area contributed by atoms with Gasteiger partial charge in [-0.05, 0) is 6.42 Å². The van der Waals surface area contributed by atoms with Crippen LogP contribution in [0.4, 0.5) is 0 Å². The topological polar surface area (TPSA) is 63.3 Å². The number of unbranched alkanes of at least 4 members (excludes halogenated alkanes) is 2. The quantitative estimate of drug-likeness (QED) is 0.764. The number of hydrogen-bond donors (Lipinski definition) is 1. The van der Waals surface area contributed by atoms with Crippen molar-refractivity contribution in [3.63, 3.8) is 0 Å². The van der Waals surface area contributed by atoms with E-state index in [0.717, 1.165) is 25.7 Å². The van der Waals surface area contributed by atoms with Crippen molar-refractivity contribution in [1.29, 1.82) is 0 Å². The predicted octanol–water partition coefficient (Wildman–Crippen LogP) is 2.96. The summed E-state index contributed by atoms with van der Waals surface area (Å²) in [6, 6.07) is 0. The van der Waals surface area contributed by atoms with Crippen LogP contribution in [-0.2, 0) is 4.79 Å². The molecule has 86 valence electrons. The van der Waals surface area contributed by atoms with Crippen LogP contribution in [-0.4, -0.2) is 16.1 Å². The minimum atomic E-state index is -0.670. The van der Waals surface area contributed by atoms with Crippen molar-refractivity contribution in [1.82, 2.24) is 4.98 Å². The van der Waals surface area contributed by atoms with Gasteiger partial charge in [0.2, 0.25) is 0 Å². The van der Waals surface area contributed by atoms with Crippen molar-refractivity contribution in [3.05, 3.63) is 18.9 Å². The fourth-order valence-corrected chi connectivity index (χ4v) is 1.000. The van der Waals surface area contributed by atoms with Crippen molar-refractivity contribution >= 4 is 5.97 Å². The highest BCUT2D eigenvalue weighted by molar-refractivity contribution is 5.69. The lowest BCUT2D eigenvalue weighted by atomic mass is 10.0. The molecule has 1 aromatic rings. The zero-order valence-electron chi connectivity index (χ0n) is 9.35. The maximum atomic E-state index is 10.3. The maximum absolute atomic E-state index is 10.3. The number of oxazole rings is 1. The molecule has 1 heterocycles. The molecule has 4 heteroatoms. The van der Waals surface area contributed by atoms with E-state index in [2.05, 4.69) is 16.3 Å². The molecule has 0 aliphatic carbocycles. The number of nitrogens with zero attached hydrogens (tertiary/aromatic N) is 1. The summed E-state index contributed by atoms with van der Waals surface area (Å²) < 4.78 is 4.47. The molecule has 15 heavy (non-hydrogen) atoms. The minimum Gasteiger partial charge on any atom is -0.481 e.